The Morgan fingerprint density at radius 3 is 2.58 bits per heavy atom. The second kappa shape index (κ2) is 5.81. The highest BCUT2D eigenvalue weighted by atomic mass is 32.2. The fourth-order valence-electron chi connectivity index (χ4n) is 5.43. The van der Waals surface area contributed by atoms with Gasteiger partial charge in [0.15, 0.2) is 0 Å². The van der Waals surface area contributed by atoms with E-state index in [1.54, 1.807) is 0 Å². The van der Waals surface area contributed by atoms with Gasteiger partial charge in [0.25, 0.3) is 0 Å². The van der Waals surface area contributed by atoms with Gasteiger partial charge in [-0.1, -0.05) is 36.3 Å². The molecule has 0 radical (unpaired) electrons. The molecule has 3 aliphatic carbocycles. The van der Waals surface area contributed by atoms with Gasteiger partial charge < -0.3 is 0 Å². The van der Waals surface area contributed by atoms with Gasteiger partial charge in [0.1, 0.15) is 5.78 Å². The first-order valence-electron chi connectivity index (χ1n) is 9.23. The second-order valence-corrected chi connectivity index (χ2v) is 11.5. The topological polar surface area (TPSA) is 17.1 Å². The van der Waals surface area contributed by atoms with Crippen LogP contribution in [0.1, 0.15) is 47.0 Å². The molecule has 1 saturated heterocycles. The monoisotopic (exact) mass is 360 g/mol. The fourth-order valence-corrected chi connectivity index (χ4v) is 9.22. The maximum atomic E-state index is 13.9. The zero-order valence-electron chi connectivity index (χ0n) is 15.2. The third kappa shape index (κ3) is 2.26. The van der Waals surface area contributed by atoms with Gasteiger partial charge in [0, 0.05) is 22.8 Å². The number of hydrogen-bond acceptors (Lipinski definition) is 3. The van der Waals surface area contributed by atoms with E-state index in [-0.39, 0.29) is 11.3 Å². The van der Waals surface area contributed by atoms with E-state index < -0.39 is 0 Å². The van der Waals surface area contributed by atoms with E-state index in [1.165, 1.54) is 34.6 Å². The predicted molar refractivity (Wildman–Crippen MR) is 106 cm³/mol. The summed E-state index contributed by atoms with van der Waals surface area (Å²) < 4.78 is 0.297. The van der Waals surface area contributed by atoms with Crippen LogP contribution in [0.2, 0.25) is 0 Å². The number of carbonyl (C=O) groups is 1. The number of carbonyl (C=O) groups excluding carboxylic acids is 1. The number of ketones is 1. The minimum atomic E-state index is -0.156. The van der Waals surface area contributed by atoms with Crippen molar-refractivity contribution in [2.75, 3.05) is 11.5 Å². The molecule has 0 unspecified atom stereocenters. The first kappa shape index (κ1) is 17.0. The maximum Gasteiger partial charge on any atom is 0.147 e. The minimum Gasteiger partial charge on any atom is -0.298 e. The second-order valence-electron chi connectivity index (χ2n) is 8.34. The Hall–Kier alpha value is -0.410. The summed E-state index contributed by atoms with van der Waals surface area (Å²) in [6, 6.07) is 0. The molecule has 1 aliphatic heterocycles. The quantitative estimate of drug-likeness (QED) is 0.521. The molecule has 4 atom stereocenters. The van der Waals surface area contributed by atoms with Gasteiger partial charge in [-0.05, 0) is 51.5 Å². The smallest absolute Gasteiger partial charge is 0.147 e. The molecule has 1 spiro atoms. The number of fused-ring (bicyclic) bond motifs is 3. The Morgan fingerprint density at radius 2 is 1.92 bits per heavy atom. The summed E-state index contributed by atoms with van der Waals surface area (Å²) in [5, 5.41) is 0. The van der Waals surface area contributed by atoms with Crippen LogP contribution in [0.5, 0.6) is 0 Å². The summed E-state index contributed by atoms with van der Waals surface area (Å²) in [6.07, 6.45) is 10.3. The normalized spacial score (nSPS) is 42.5. The van der Waals surface area contributed by atoms with Crippen LogP contribution in [0, 0.1) is 23.2 Å². The Balaban J connectivity index is 1.81. The fraction of sp³-hybridized carbons (Fsp3) is 0.667. The van der Waals surface area contributed by atoms with E-state index in [1.807, 2.05) is 0 Å². The van der Waals surface area contributed by atoms with Crippen molar-refractivity contribution >= 4 is 29.3 Å². The molecule has 0 aromatic rings. The first-order chi connectivity index (χ1) is 11.4. The number of allylic oxidation sites excluding steroid dienone is 6. The highest BCUT2D eigenvalue weighted by Crippen LogP contribution is 2.66. The van der Waals surface area contributed by atoms with Crippen LogP contribution in [0.15, 0.2) is 34.9 Å². The lowest BCUT2D eigenvalue weighted by Crippen LogP contribution is -2.44. The molecule has 24 heavy (non-hydrogen) atoms. The van der Waals surface area contributed by atoms with Crippen molar-refractivity contribution in [1.82, 2.24) is 0 Å². The minimum absolute atomic E-state index is 0.0607. The molecular weight excluding hydrogens is 332 g/mol. The molecule has 0 aromatic carbocycles. The average molecular weight is 361 g/mol. The standard InChI is InChI=1S/C21H28OS2/c1-13(2)15-6-7-16-14(3)5-8-17-20(4,19(22)18(15)16)9-10-21(17)23-11-12-24-21/h5-7,16-18H,8-12H2,1-4H3/b14-5-/t16-,17+,18-,20+/m1/s1. The number of thioether (sulfide) groups is 2. The van der Waals surface area contributed by atoms with Crippen molar-refractivity contribution in [3.8, 4) is 0 Å². The van der Waals surface area contributed by atoms with E-state index in [0.29, 0.717) is 21.7 Å². The number of hydrogen-bond donors (Lipinski definition) is 0. The Kier molecular flexibility index (Phi) is 4.12. The zero-order chi connectivity index (χ0) is 17.1. The lowest BCUT2D eigenvalue weighted by Gasteiger charge is -2.41. The summed E-state index contributed by atoms with van der Waals surface area (Å²) in [4.78, 5) is 13.9. The van der Waals surface area contributed by atoms with Gasteiger partial charge in [-0.25, -0.2) is 0 Å². The molecule has 2 fully saturated rings. The lowest BCUT2D eigenvalue weighted by atomic mass is 9.65. The highest BCUT2D eigenvalue weighted by molar-refractivity contribution is 8.21. The van der Waals surface area contributed by atoms with Crippen LogP contribution in [0.25, 0.3) is 0 Å². The van der Waals surface area contributed by atoms with Crippen molar-refractivity contribution in [1.29, 1.82) is 0 Å². The third-order valence-corrected chi connectivity index (χ3v) is 10.6. The molecule has 1 saturated carbocycles. The van der Waals surface area contributed by atoms with Crippen LogP contribution in [-0.4, -0.2) is 21.4 Å². The predicted octanol–water partition coefficient (Wildman–Crippen LogP) is 5.64. The molecule has 0 amide bonds. The van der Waals surface area contributed by atoms with Crippen LogP contribution >= 0.6 is 23.5 Å². The van der Waals surface area contributed by atoms with Crippen molar-refractivity contribution in [2.24, 2.45) is 23.2 Å². The van der Waals surface area contributed by atoms with Crippen LogP contribution in [0.4, 0.5) is 0 Å². The van der Waals surface area contributed by atoms with Crippen LogP contribution in [-0.2, 0) is 4.79 Å². The van der Waals surface area contributed by atoms with E-state index in [4.69, 9.17) is 0 Å². The molecule has 0 bridgehead atoms. The van der Waals surface area contributed by atoms with Gasteiger partial charge >= 0.3 is 0 Å². The van der Waals surface area contributed by atoms with Crippen molar-refractivity contribution < 1.29 is 4.79 Å². The first-order valence-corrected chi connectivity index (χ1v) is 11.2. The summed E-state index contributed by atoms with van der Waals surface area (Å²) >= 11 is 4.28. The molecule has 1 nitrogen and oxygen atoms in total. The van der Waals surface area contributed by atoms with Crippen molar-refractivity contribution in [2.45, 2.75) is 51.0 Å². The average Bonchev–Trinajstić information content (AvgIpc) is 3.24. The zero-order valence-corrected chi connectivity index (χ0v) is 16.9. The number of Topliss-reactive ketones (excluding diaryl/α,β-unsaturated/α-hetero) is 1. The lowest BCUT2D eigenvalue weighted by molar-refractivity contribution is -0.133. The maximum absolute atomic E-state index is 13.9. The molecule has 3 heteroatoms. The van der Waals surface area contributed by atoms with Gasteiger partial charge in [0.05, 0.1) is 10.00 Å². The largest absolute Gasteiger partial charge is 0.298 e. The van der Waals surface area contributed by atoms with E-state index >= 15 is 0 Å². The summed E-state index contributed by atoms with van der Waals surface area (Å²) in [5.74, 6) is 3.87. The Labute approximate surface area is 154 Å². The number of rotatable bonds is 0. The molecular formula is C21H28OS2. The molecule has 130 valence electrons. The molecule has 4 rings (SSSR count). The van der Waals surface area contributed by atoms with Crippen molar-refractivity contribution in [3.05, 3.63) is 34.9 Å². The molecule has 1 heterocycles. The SMILES string of the molecule is CC(C)=C1C=C[C@@H]2/C(C)=C\C[C@@H]3C4(CC[C@]3(C)C(=O)[C@H]12)SCCS4. The van der Waals surface area contributed by atoms with Gasteiger partial charge in [-0.2, -0.15) is 0 Å². The van der Waals surface area contributed by atoms with E-state index in [9.17, 15) is 4.79 Å². The summed E-state index contributed by atoms with van der Waals surface area (Å²) in [5.41, 5.74) is 3.83. The van der Waals surface area contributed by atoms with E-state index in [0.717, 1.165) is 12.8 Å². The Morgan fingerprint density at radius 1 is 1.21 bits per heavy atom. The summed E-state index contributed by atoms with van der Waals surface area (Å²) in [6.45, 7) is 8.85. The van der Waals surface area contributed by atoms with E-state index in [2.05, 4.69) is 69.4 Å². The van der Waals surface area contributed by atoms with Crippen molar-refractivity contribution in [3.63, 3.8) is 0 Å². The van der Waals surface area contributed by atoms with Crippen LogP contribution < -0.4 is 0 Å². The van der Waals surface area contributed by atoms with Gasteiger partial charge in [-0.15, -0.1) is 23.5 Å². The van der Waals surface area contributed by atoms with Crippen LogP contribution in [0.3, 0.4) is 0 Å². The van der Waals surface area contributed by atoms with Gasteiger partial charge in [-0.3, -0.25) is 4.79 Å². The third-order valence-electron chi connectivity index (χ3n) is 6.87. The molecule has 0 N–H and O–H groups in total. The van der Waals surface area contributed by atoms with Gasteiger partial charge in [0.2, 0.25) is 0 Å². The highest BCUT2D eigenvalue weighted by Gasteiger charge is 2.61. The Bertz CT molecular complexity index is 661. The molecule has 0 aromatic heterocycles. The molecule has 4 aliphatic rings. The summed E-state index contributed by atoms with van der Waals surface area (Å²) in [7, 11) is 0.